The van der Waals surface area contributed by atoms with Crippen LogP contribution in [0.1, 0.15) is 56.5 Å². The summed E-state index contributed by atoms with van der Waals surface area (Å²) in [5.74, 6) is 0.473. The molecule has 1 aromatic rings. The molecule has 2 rings (SSSR count). The van der Waals surface area contributed by atoms with Crippen LogP contribution in [0, 0.1) is 0 Å². The van der Waals surface area contributed by atoms with Crippen molar-refractivity contribution < 1.29 is 14.3 Å². The highest BCUT2D eigenvalue weighted by Gasteiger charge is 2.28. The second-order valence-electron chi connectivity index (χ2n) is 7.54. The standard InChI is InChI=1S/C19H28N2O3/c1-14(2)15-6-8-16(9-7-15)17(22)20-10-12-21(13-11-20)18(23)24-19(3,4)5/h6-9,14H,10-13H2,1-5H3. The molecule has 0 bridgehead atoms. The second-order valence-corrected chi connectivity index (χ2v) is 7.54. The molecule has 0 N–H and O–H groups in total. The van der Waals surface area contributed by atoms with Crippen molar-refractivity contribution in [3.05, 3.63) is 35.4 Å². The zero-order valence-corrected chi connectivity index (χ0v) is 15.3. The van der Waals surface area contributed by atoms with Gasteiger partial charge in [-0.15, -0.1) is 0 Å². The maximum Gasteiger partial charge on any atom is 0.410 e. The topological polar surface area (TPSA) is 49.9 Å². The summed E-state index contributed by atoms with van der Waals surface area (Å²) in [4.78, 5) is 28.1. The maximum atomic E-state index is 12.6. The Morgan fingerprint density at radius 1 is 0.958 bits per heavy atom. The van der Waals surface area contributed by atoms with Crippen LogP contribution in [-0.4, -0.2) is 53.6 Å². The lowest BCUT2D eigenvalue weighted by Gasteiger charge is -2.35. The van der Waals surface area contributed by atoms with Crippen molar-refractivity contribution in [3.8, 4) is 0 Å². The predicted molar refractivity (Wildman–Crippen MR) is 94.2 cm³/mol. The number of hydrogen-bond acceptors (Lipinski definition) is 3. The Morgan fingerprint density at radius 2 is 1.46 bits per heavy atom. The Kier molecular flexibility index (Phi) is 5.52. The molecule has 1 fully saturated rings. The van der Waals surface area contributed by atoms with Crippen molar-refractivity contribution in [2.45, 2.75) is 46.1 Å². The molecular formula is C19H28N2O3. The van der Waals surface area contributed by atoms with E-state index in [9.17, 15) is 9.59 Å². The van der Waals surface area contributed by atoms with E-state index in [1.165, 1.54) is 5.56 Å². The number of piperazine rings is 1. The fourth-order valence-electron chi connectivity index (χ4n) is 2.61. The van der Waals surface area contributed by atoms with Gasteiger partial charge in [0, 0.05) is 31.7 Å². The minimum atomic E-state index is -0.498. The van der Waals surface area contributed by atoms with Crippen LogP contribution in [0.5, 0.6) is 0 Å². The monoisotopic (exact) mass is 332 g/mol. The molecule has 1 aliphatic rings. The van der Waals surface area contributed by atoms with E-state index in [0.29, 0.717) is 37.7 Å². The molecule has 24 heavy (non-hydrogen) atoms. The average Bonchev–Trinajstić information content (AvgIpc) is 2.53. The van der Waals surface area contributed by atoms with Gasteiger partial charge in [0.05, 0.1) is 0 Å². The van der Waals surface area contributed by atoms with E-state index in [2.05, 4.69) is 13.8 Å². The molecule has 0 radical (unpaired) electrons. The third-order valence-electron chi connectivity index (χ3n) is 4.04. The molecule has 132 valence electrons. The molecule has 1 saturated heterocycles. The number of carbonyl (C=O) groups excluding carboxylic acids is 2. The van der Waals surface area contributed by atoms with Crippen LogP contribution >= 0.6 is 0 Å². The fourth-order valence-corrected chi connectivity index (χ4v) is 2.61. The van der Waals surface area contributed by atoms with Crippen LogP contribution in [0.3, 0.4) is 0 Å². The maximum absolute atomic E-state index is 12.6. The van der Waals surface area contributed by atoms with Gasteiger partial charge in [-0.25, -0.2) is 4.79 Å². The molecular weight excluding hydrogens is 304 g/mol. The number of rotatable bonds is 2. The predicted octanol–water partition coefficient (Wildman–Crippen LogP) is 3.50. The van der Waals surface area contributed by atoms with Crippen molar-refractivity contribution in [2.75, 3.05) is 26.2 Å². The number of hydrogen-bond donors (Lipinski definition) is 0. The van der Waals surface area contributed by atoms with Crippen LogP contribution in [0.25, 0.3) is 0 Å². The Hall–Kier alpha value is -2.04. The largest absolute Gasteiger partial charge is 0.444 e. The van der Waals surface area contributed by atoms with E-state index < -0.39 is 5.60 Å². The molecule has 0 spiro atoms. The molecule has 0 aliphatic carbocycles. The summed E-state index contributed by atoms with van der Waals surface area (Å²) < 4.78 is 5.38. The Balaban J connectivity index is 1.92. The van der Waals surface area contributed by atoms with Gasteiger partial charge in [-0.3, -0.25) is 4.79 Å². The molecule has 5 nitrogen and oxygen atoms in total. The molecule has 0 unspecified atom stereocenters. The summed E-state index contributed by atoms with van der Waals surface area (Å²) in [5, 5.41) is 0. The van der Waals surface area contributed by atoms with Gasteiger partial charge in [0.2, 0.25) is 0 Å². The molecule has 5 heteroatoms. The van der Waals surface area contributed by atoms with Gasteiger partial charge < -0.3 is 14.5 Å². The first-order valence-electron chi connectivity index (χ1n) is 8.54. The second kappa shape index (κ2) is 7.24. The number of ether oxygens (including phenoxy) is 1. The molecule has 0 saturated carbocycles. The fraction of sp³-hybridized carbons (Fsp3) is 0.579. The SMILES string of the molecule is CC(C)c1ccc(C(=O)N2CCN(C(=O)OC(C)(C)C)CC2)cc1. The Labute approximate surface area is 144 Å². The van der Waals surface area contributed by atoms with Crippen molar-refractivity contribution >= 4 is 12.0 Å². The molecule has 0 atom stereocenters. The third kappa shape index (κ3) is 4.73. The minimum Gasteiger partial charge on any atom is -0.444 e. The molecule has 1 heterocycles. The molecule has 1 aromatic carbocycles. The lowest BCUT2D eigenvalue weighted by Crippen LogP contribution is -2.51. The molecule has 1 aliphatic heterocycles. The highest BCUT2D eigenvalue weighted by atomic mass is 16.6. The lowest BCUT2D eigenvalue weighted by molar-refractivity contribution is 0.0141. The van der Waals surface area contributed by atoms with Gasteiger partial charge in [0.1, 0.15) is 5.60 Å². The van der Waals surface area contributed by atoms with Crippen molar-refractivity contribution in [1.82, 2.24) is 9.80 Å². The number of benzene rings is 1. The third-order valence-corrected chi connectivity index (χ3v) is 4.04. The first-order chi connectivity index (χ1) is 11.2. The van der Waals surface area contributed by atoms with E-state index in [1.54, 1.807) is 9.80 Å². The van der Waals surface area contributed by atoms with E-state index >= 15 is 0 Å². The van der Waals surface area contributed by atoms with Gasteiger partial charge in [-0.1, -0.05) is 26.0 Å². The summed E-state index contributed by atoms with van der Waals surface area (Å²) in [6, 6.07) is 7.79. The molecule has 2 amide bonds. The zero-order chi connectivity index (χ0) is 17.9. The summed E-state index contributed by atoms with van der Waals surface area (Å²) >= 11 is 0. The van der Waals surface area contributed by atoms with Crippen molar-refractivity contribution in [1.29, 1.82) is 0 Å². The van der Waals surface area contributed by atoms with Gasteiger partial charge in [-0.05, 0) is 44.4 Å². The van der Waals surface area contributed by atoms with Gasteiger partial charge in [0.15, 0.2) is 0 Å². The summed E-state index contributed by atoms with van der Waals surface area (Å²) in [5.41, 5.74) is 1.42. The lowest BCUT2D eigenvalue weighted by atomic mass is 10.0. The summed E-state index contributed by atoms with van der Waals surface area (Å²) in [6.45, 7) is 11.9. The first-order valence-corrected chi connectivity index (χ1v) is 8.54. The van der Waals surface area contributed by atoms with Crippen LogP contribution < -0.4 is 0 Å². The first kappa shape index (κ1) is 18.3. The van der Waals surface area contributed by atoms with Gasteiger partial charge in [-0.2, -0.15) is 0 Å². The minimum absolute atomic E-state index is 0.0224. The van der Waals surface area contributed by atoms with E-state index in [1.807, 2.05) is 45.0 Å². The van der Waals surface area contributed by atoms with E-state index in [0.717, 1.165) is 0 Å². The summed E-state index contributed by atoms with van der Waals surface area (Å²) in [7, 11) is 0. The van der Waals surface area contributed by atoms with E-state index in [-0.39, 0.29) is 12.0 Å². The highest BCUT2D eigenvalue weighted by molar-refractivity contribution is 5.94. The van der Waals surface area contributed by atoms with Crippen LogP contribution in [0.2, 0.25) is 0 Å². The van der Waals surface area contributed by atoms with E-state index in [4.69, 9.17) is 4.74 Å². The Bertz CT molecular complexity index is 580. The quantitative estimate of drug-likeness (QED) is 0.833. The number of carbonyl (C=O) groups is 2. The molecule has 0 aromatic heterocycles. The highest BCUT2D eigenvalue weighted by Crippen LogP contribution is 2.17. The average molecular weight is 332 g/mol. The normalized spacial score (nSPS) is 15.6. The number of nitrogens with zero attached hydrogens (tertiary/aromatic N) is 2. The van der Waals surface area contributed by atoms with Gasteiger partial charge in [0.25, 0.3) is 5.91 Å². The van der Waals surface area contributed by atoms with Crippen molar-refractivity contribution in [3.63, 3.8) is 0 Å². The van der Waals surface area contributed by atoms with Crippen LogP contribution in [0.4, 0.5) is 4.79 Å². The number of amides is 2. The van der Waals surface area contributed by atoms with Crippen molar-refractivity contribution in [2.24, 2.45) is 0 Å². The van der Waals surface area contributed by atoms with Gasteiger partial charge >= 0.3 is 6.09 Å². The Morgan fingerprint density at radius 3 is 1.92 bits per heavy atom. The van der Waals surface area contributed by atoms with Crippen LogP contribution in [-0.2, 0) is 4.74 Å². The zero-order valence-electron chi connectivity index (χ0n) is 15.3. The smallest absolute Gasteiger partial charge is 0.410 e. The summed E-state index contributed by atoms with van der Waals surface area (Å²) in [6.07, 6.45) is -0.309. The van der Waals surface area contributed by atoms with Crippen LogP contribution in [0.15, 0.2) is 24.3 Å².